The third kappa shape index (κ3) is 4.27. The summed E-state index contributed by atoms with van der Waals surface area (Å²) in [7, 11) is 0. The zero-order valence-corrected chi connectivity index (χ0v) is 26.1. The summed E-state index contributed by atoms with van der Waals surface area (Å²) in [6, 6.07) is 63.5. The molecule has 2 nitrogen and oxygen atoms in total. The molecule has 10 rings (SSSR count). The number of hydrogen-bond acceptors (Lipinski definition) is 2. The summed E-state index contributed by atoms with van der Waals surface area (Å²) in [5.74, 6) is 0. The molecule has 0 bridgehead atoms. The Morgan fingerprint density at radius 1 is 0.292 bits per heavy atom. The van der Waals surface area contributed by atoms with Gasteiger partial charge in [0.25, 0.3) is 0 Å². The first-order valence-electron chi connectivity index (χ1n) is 16.4. The zero-order chi connectivity index (χ0) is 31.6. The highest BCUT2D eigenvalue weighted by molar-refractivity contribution is 6.17. The number of rotatable bonds is 4. The molecule has 0 aliphatic rings. The molecule has 0 unspecified atom stereocenters. The largest absolute Gasteiger partial charge is 0.456 e. The van der Waals surface area contributed by atoms with E-state index < -0.39 is 0 Å². The van der Waals surface area contributed by atoms with Gasteiger partial charge in [0, 0.05) is 27.8 Å². The zero-order valence-electron chi connectivity index (χ0n) is 26.1. The molecule has 0 atom stereocenters. The first kappa shape index (κ1) is 26.8. The first-order chi connectivity index (χ1) is 23.8. The monoisotopic (exact) mass is 611 g/mol. The Balaban J connectivity index is 1.11. The molecule has 0 aliphatic heterocycles. The van der Waals surface area contributed by atoms with Crippen LogP contribution in [0.2, 0.25) is 0 Å². The molecule has 2 heteroatoms. The van der Waals surface area contributed by atoms with E-state index in [9.17, 15) is 0 Å². The van der Waals surface area contributed by atoms with Crippen molar-refractivity contribution < 1.29 is 4.42 Å². The normalized spacial score (nSPS) is 11.8. The highest BCUT2D eigenvalue weighted by atomic mass is 16.3. The maximum Gasteiger partial charge on any atom is 0.136 e. The predicted octanol–water partition coefficient (Wildman–Crippen LogP) is 13.3. The van der Waals surface area contributed by atoms with Crippen molar-refractivity contribution in [3.8, 4) is 11.1 Å². The van der Waals surface area contributed by atoms with E-state index in [2.05, 4.69) is 169 Å². The van der Waals surface area contributed by atoms with Crippen molar-refractivity contribution in [1.82, 2.24) is 0 Å². The van der Waals surface area contributed by atoms with Gasteiger partial charge in [0.05, 0.1) is 0 Å². The molecule has 0 amide bonds. The third-order valence-electron chi connectivity index (χ3n) is 9.80. The average molecular weight is 612 g/mol. The van der Waals surface area contributed by atoms with E-state index in [0.29, 0.717) is 0 Å². The van der Waals surface area contributed by atoms with Crippen LogP contribution < -0.4 is 4.90 Å². The van der Waals surface area contributed by atoms with Gasteiger partial charge in [-0.25, -0.2) is 0 Å². The van der Waals surface area contributed by atoms with Crippen LogP contribution in [0.25, 0.3) is 76.2 Å². The van der Waals surface area contributed by atoms with Crippen molar-refractivity contribution >= 4 is 82.1 Å². The summed E-state index contributed by atoms with van der Waals surface area (Å²) in [6.45, 7) is 0. The van der Waals surface area contributed by atoms with Gasteiger partial charge < -0.3 is 9.32 Å². The molecule has 0 fully saturated rings. The number of furan rings is 1. The molecule has 0 spiro atoms. The van der Waals surface area contributed by atoms with Crippen LogP contribution in [-0.2, 0) is 0 Å². The third-order valence-corrected chi connectivity index (χ3v) is 9.80. The standard InChI is InChI=1S/C46H29NO/c1-2-9-36(10-3-1)47(37-23-20-30(21-24-37)34-18-16-32-15-14-31-8-4-5-11-39(31)41(32)26-34)38-25-22-33-17-19-35-27-46-44(29-43(35)42(33)28-38)40-12-6-7-13-45(40)48-46/h1-29H. The predicted molar refractivity (Wildman–Crippen MR) is 204 cm³/mol. The van der Waals surface area contributed by atoms with Gasteiger partial charge in [-0.05, 0) is 115 Å². The van der Waals surface area contributed by atoms with Crippen molar-refractivity contribution in [3.05, 3.63) is 176 Å². The molecule has 0 saturated carbocycles. The summed E-state index contributed by atoms with van der Waals surface area (Å²) in [5, 5.41) is 12.2. The number of fused-ring (bicyclic) bond motifs is 9. The van der Waals surface area contributed by atoms with Gasteiger partial charge >= 0.3 is 0 Å². The fourth-order valence-corrected chi connectivity index (χ4v) is 7.41. The topological polar surface area (TPSA) is 16.4 Å². The smallest absolute Gasteiger partial charge is 0.136 e. The van der Waals surface area contributed by atoms with E-state index in [1.165, 1.54) is 54.2 Å². The molecule has 0 radical (unpaired) electrons. The minimum atomic E-state index is 0.920. The number of anilines is 3. The lowest BCUT2D eigenvalue weighted by molar-refractivity contribution is 0.669. The average Bonchev–Trinajstić information content (AvgIpc) is 3.52. The van der Waals surface area contributed by atoms with Crippen LogP contribution in [0.15, 0.2) is 180 Å². The molecule has 0 saturated heterocycles. The quantitative estimate of drug-likeness (QED) is 0.184. The van der Waals surface area contributed by atoms with Crippen molar-refractivity contribution in [2.75, 3.05) is 4.90 Å². The van der Waals surface area contributed by atoms with Gasteiger partial charge in [0.2, 0.25) is 0 Å². The van der Waals surface area contributed by atoms with E-state index in [1.807, 2.05) is 12.1 Å². The van der Waals surface area contributed by atoms with Crippen LogP contribution in [0.5, 0.6) is 0 Å². The molecular formula is C46H29NO. The van der Waals surface area contributed by atoms with E-state index in [4.69, 9.17) is 4.42 Å². The molecular weight excluding hydrogens is 583 g/mol. The molecule has 9 aromatic carbocycles. The summed E-state index contributed by atoms with van der Waals surface area (Å²) in [6.07, 6.45) is 0. The Kier molecular flexibility index (Phi) is 5.91. The lowest BCUT2D eigenvalue weighted by Crippen LogP contribution is -2.09. The van der Waals surface area contributed by atoms with Gasteiger partial charge in [-0.1, -0.05) is 115 Å². The maximum absolute atomic E-state index is 6.22. The van der Waals surface area contributed by atoms with Gasteiger partial charge in [0.1, 0.15) is 11.2 Å². The van der Waals surface area contributed by atoms with Crippen molar-refractivity contribution in [1.29, 1.82) is 0 Å². The molecule has 48 heavy (non-hydrogen) atoms. The SMILES string of the molecule is c1ccc(N(c2ccc(-c3ccc4ccc5ccccc5c4c3)cc2)c2ccc3ccc4cc5oc6ccccc6c5cc4c3c2)cc1. The Hall–Kier alpha value is -6.38. The highest BCUT2D eigenvalue weighted by Gasteiger charge is 2.15. The van der Waals surface area contributed by atoms with Crippen molar-refractivity contribution in [3.63, 3.8) is 0 Å². The summed E-state index contributed by atoms with van der Waals surface area (Å²) >= 11 is 0. The molecule has 1 heterocycles. The van der Waals surface area contributed by atoms with Crippen LogP contribution in [0.1, 0.15) is 0 Å². The van der Waals surface area contributed by atoms with Crippen LogP contribution in [0, 0.1) is 0 Å². The van der Waals surface area contributed by atoms with Gasteiger partial charge in [0.15, 0.2) is 0 Å². The number of hydrogen-bond donors (Lipinski definition) is 0. The summed E-state index contributed by atoms with van der Waals surface area (Å²) in [5.41, 5.74) is 7.59. The highest BCUT2D eigenvalue weighted by Crippen LogP contribution is 2.40. The number of nitrogens with zero attached hydrogens (tertiary/aromatic N) is 1. The second-order valence-electron chi connectivity index (χ2n) is 12.6. The van der Waals surface area contributed by atoms with Crippen molar-refractivity contribution in [2.24, 2.45) is 0 Å². The van der Waals surface area contributed by atoms with Crippen LogP contribution >= 0.6 is 0 Å². The van der Waals surface area contributed by atoms with Crippen molar-refractivity contribution in [2.45, 2.75) is 0 Å². The Morgan fingerprint density at radius 2 is 0.854 bits per heavy atom. The number of para-hydroxylation sites is 2. The van der Waals surface area contributed by atoms with Crippen LogP contribution in [0.3, 0.4) is 0 Å². The Bertz CT molecular complexity index is 2830. The van der Waals surface area contributed by atoms with Gasteiger partial charge in [-0.15, -0.1) is 0 Å². The minimum absolute atomic E-state index is 0.920. The summed E-state index contributed by atoms with van der Waals surface area (Å²) < 4.78 is 6.22. The van der Waals surface area contributed by atoms with Crippen LogP contribution in [0.4, 0.5) is 17.1 Å². The van der Waals surface area contributed by atoms with Gasteiger partial charge in [-0.2, -0.15) is 0 Å². The first-order valence-corrected chi connectivity index (χ1v) is 16.4. The van der Waals surface area contributed by atoms with Gasteiger partial charge in [-0.3, -0.25) is 0 Å². The Morgan fingerprint density at radius 3 is 1.69 bits per heavy atom. The lowest BCUT2D eigenvalue weighted by atomic mass is 9.97. The summed E-state index contributed by atoms with van der Waals surface area (Å²) in [4.78, 5) is 2.35. The fraction of sp³-hybridized carbons (Fsp3) is 0. The van der Waals surface area contributed by atoms with E-state index >= 15 is 0 Å². The van der Waals surface area contributed by atoms with E-state index in [0.717, 1.165) is 39.0 Å². The maximum atomic E-state index is 6.22. The molecule has 1 aromatic heterocycles. The molecule has 224 valence electrons. The Labute approximate surface area is 277 Å². The number of benzene rings is 9. The second kappa shape index (κ2) is 10.6. The molecule has 0 N–H and O–H groups in total. The van der Waals surface area contributed by atoms with E-state index in [1.54, 1.807) is 0 Å². The minimum Gasteiger partial charge on any atom is -0.456 e. The molecule has 10 aromatic rings. The fourth-order valence-electron chi connectivity index (χ4n) is 7.41. The van der Waals surface area contributed by atoms with E-state index in [-0.39, 0.29) is 0 Å². The van der Waals surface area contributed by atoms with Crippen LogP contribution in [-0.4, -0.2) is 0 Å². The lowest BCUT2D eigenvalue weighted by Gasteiger charge is -2.26. The second-order valence-corrected chi connectivity index (χ2v) is 12.6. The molecule has 0 aliphatic carbocycles.